The molecule has 1 aromatic heterocycles. The van der Waals surface area contributed by atoms with Crippen LogP contribution in [0.2, 0.25) is 5.02 Å². The zero-order valence-electron chi connectivity index (χ0n) is 7.97. The van der Waals surface area contributed by atoms with E-state index in [-0.39, 0.29) is 10.8 Å². The monoisotopic (exact) mass is 227 g/mol. The average Bonchev–Trinajstić information content (AvgIpc) is 2.75. The van der Waals surface area contributed by atoms with Crippen LogP contribution in [0.4, 0.5) is 5.82 Å². The fourth-order valence-electron chi connectivity index (χ4n) is 1.69. The number of allylic oxidation sites excluding steroid dienone is 2. The molecule has 0 aromatic carbocycles. The zero-order valence-corrected chi connectivity index (χ0v) is 8.72. The van der Waals surface area contributed by atoms with Crippen molar-refractivity contribution in [2.45, 2.75) is 19.4 Å². The molecule has 0 aliphatic heterocycles. The molecular formula is C9H10ClN3O2. The largest absolute Gasteiger partial charge is 0.408 e. The van der Waals surface area contributed by atoms with Gasteiger partial charge < -0.3 is 10.1 Å². The summed E-state index contributed by atoms with van der Waals surface area (Å²) in [6.07, 6.45) is 7.75. The Morgan fingerprint density at radius 2 is 2.27 bits per heavy atom. The van der Waals surface area contributed by atoms with Gasteiger partial charge in [-0.1, -0.05) is 23.8 Å². The van der Waals surface area contributed by atoms with Gasteiger partial charge in [-0.2, -0.15) is 4.68 Å². The topological polar surface area (TPSA) is 61.0 Å². The van der Waals surface area contributed by atoms with E-state index in [1.807, 2.05) is 0 Å². The van der Waals surface area contributed by atoms with Crippen LogP contribution in [-0.4, -0.2) is 14.7 Å². The quantitative estimate of drug-likeness (QED) is 0.453. The Balaban J connectivity index is 2.09. The molecule has 5 nitrogen and oxygen atoms in total. The Morgan fingerprint density at radius 1 is 1.60 bits per heavy atom. The standard InChI is InChI=1S/C9H10ClN3O2/c10-8-6-12(11-9(8)13(14)15)5-7-3-1-2-4-7/h1-2,6-7H,3-5H2. The van der Waals surface area contributed by atoms with Crippen LogP contribution in [0.5, 0.6) is 0 Å². The fourth-order valence-corrected chi connectivity index (χ4v) is 1.91. The first kappa shape index (κ1) is 10.2. The SMILES string of the molecule is O=[N+]([O-])c1nn(CC2CC=CC2)cc1Cl. The zero-order chi connectivity index (χ0) is 10.8. The van der Waals surface area contributed by atoms with E-state index in [0.29, 0.717) is 12.5 Å². The molecule has 0 amide bonds. The van der Waals surface area contributed by atoms with Crippen molar-refractivity contribution in [2.24, 2.45) is 5.92 Å². The highest BCUT2D eigenvalue weighted by atomic mass is 35.5. The van der Waals surface area contributed by atoms with E-state index in [1.54, 1.807) is 4.68 Å². The van der Waals surface area contributed by atoms with Gasteiger partial charge in [-0.15, -0.1) is 0 Å². The normalized spacial score (nSPS) is 16.1. The fraction of sp³-hybridized carbons (Fsp3) is 0.444. The second-order valence-electron chi connectivity index (χ2n) is 3.59. The summed E-state index contributed by atoms with van der Waals surface area (Å²) in [5, 5.41) is 14.4. The van der Waals surface area contributed by atoms with E-state index in [0.717, 1.165) is 12.8 Å². The van der Waals surface area contributed by atoms with Crippen LogP contribution in [0.15, 0.2) is 18.3 Å². The minimum atomic E-state index is -0.564. The summed E-state index contributed by atoms with van der Waals surface area (Å²) < 4.78 is 1.55. The first-order valence-electron chi connectivity index (χ1n) is 4.69. The van der Waals surface area contributed by atoms with E-state index in [9.17, 15) is 10.1 Å². The van der Waals surface area contributed by atoms with Gasteiger partial charge in [0.05, 0.1) is 17.8 Å². The van der Waals surface area contributed by atoms with E-state index < -0.39 is 4.92 Å². The van der Waals surface area contributed by atoms with Crippen molar-refractivity contribution in [3.8, 4) is 0 Å². The van der Waals surface area contributed by atoms with Crippen LogP contribution in [0.25, 0.3) is 0 Å². The van der Waals surface area contributed by atoms with Gasteiger partial charge in [0, 0.05) is 0 Å². The number of hydrogen-bond acceptors (Lipinski definition) is 3. The summed E-state index contributed by atoms with van der Waals surface area (Å²) in [5.74, 6) is 0.225. The molecule has 0 spiro atoms. The molecule has 6 heteroatoms. The molecule has 0 radical (unpaired) electrons. The van der Waals surface area contributed by atoms with E-state index in [2.05, 4.69) is 17.3 Å². The van der Waals surface area contributed by atoms with Crippen LogP contribution < -0.4 is 0 Å². The van der Waals surface area contributed by atoms with Gasteiger partial charge in [-0.25, -0.2) is 0 Å². The lowest BCUT2D eigenvalue weighted by molar-refractivity contribution is -0.389. The molecule has 0 saturated heterocycles. The smallest absolute Gasteiger partial charge is 0.358 e. The molecule has 1 heterocycles. The average molecular weight is 228 g/mol. The van der Waals surface area contributed by atoms with Crippen molar-refractivity contribution in [1.29, 1.82) is 0 Å². The van der Waals surface area contributed by atoms with Crippen LogP contribution in [0.1, 0.15) is 12.8 Å². The Labute approximate surface area is 91.5 Å². The van der Waals surface area contributed by atoms with Crippen molar-refractivity contribution in [1.82, 2.24) is 9.78 Å². The van der Waals surface area contributed by atoms with Crippen molar-refractivity contribution in [3.05, 3.63) is 33.5 Å². The van der Waals surface area contributed by atoms with Crippen LogP contribution in [-0.2, 0) is 6.54 Å². The summed E-state index contributed by atoms with van der Waals surface area (Å²) in [4.78, 5) is 9.94. The third kappa shape index (κ3) is 2.18. The van der Waals surface area contributed by atoms with Gasteiger partial charge >= 0.3 is 5.82 Å². The summed E-state index contributed by atoms with van der Waals surface area (Å²) in [5.41, 5.74) is 0. The highest BCUT2D eigenvalue weighted by molar-refractivity contribution is 6.32. The maximum atomic E-state index is 10.5. The Kier molecular flexibility index (Phi) is 2.73. The molecule has 15 heavy (non-hydrogen) atoms. The first-order chi connectivity index (χ1) is 7.16. The van der Waals surface area contributed by atoms with Crippen molar-refractivity contribution in [3.63, 3.8) is 0 Å². The molecule has 2 rings (SSSR count). The number of halogens is 1. The lowest BCUT2D eigenvalue weighted by Gasteiger charge is -2.04. The highest BCUT2D eigenvalue weighted by Gasteiger charge is 2.21. The van der Waals surface area contributed by atoms with Gasteiger partial charge in [0.2, 0.25) is 0 Å². The predicted octanol–water partition coefficient (Wildman–Crippen LogP) is 2.41. The molecule has 0 atom stereocenters. The second-order valence-corrected chi connectivity index (χ2v) is 4.00. The van der Waals surface area contributed by atoms with Gasteiger partial charge in [-0.3, -0.25) is 0 Å². The van der Waals surface area contributed by atoms with Crippen molar-refractivity contribution in [2.75, 3.05) is 0 Å². The predicted molar refractivity (Wildman–Crippen MR) is 55.8 cm³/mol. The summed E-state index contributed by atoms with van der Waals surface area (Å²) in [6.45, 7) is 0.681. The van der Waals surface area contributed by atoms with E-state index >= 15 is 0 Å². The van der Waals surface area contributed by atoms with Crippen molar-refractivity contribution >= 4 is 17.4 Å². The van der Waals surface area contributed by atoms with E-state index in [1.165, 1.54) is 6.20 Å². The lowest BCUT2D eigenvalue weighted by Crippen LogP contribution is -2.08. The summed E-state index contributed by atoms with van der Waals surface area (Å²) in [7, 11) is 0. The molecule has 0 saturated carbocycles. The molecule has 80 valence electrons. The molecule has 0 fully saturated rings. The third-order valence-corrected chi connectivity index (χ3v) is 2.69. The van der Waals surface area contributed by atoms with Crippen LogP contribution in [0.3, 0.4) is 0 Å². The maximum absolute atomic E-state index is 10.5. The van der Waals surface area contributed by atoms with Crippen molar-refractivity contribution < 1.29 is 4.92 Å². The second kappa shape index (κ2) is 4.02. The third-order valence-electron chi connectivity index (χ3n) is 2.42. The molecule has 0 unspecified atom stereocenters. The number of nitrogens with zero attached hydrogens (tertiary/aromatic N) is 3. The Hall–Kier alpha value is -1.36. The number of rotatable bonds is 3. The van der Waals surface area contributed by atoms with Gasteiger partial charge in [0.1, 0.15) is 0 Å². The molecule has 0 N–H and O–H groups in total. The number of nitro groups is 1. The molecular weight excluding hydrogens is 218 g/mol. The molecule has 0 bridgehead atoms. The first-order valence-corrected chi connectivity index (χ1v) is 5.07. The number of hydrogen-bond donors (Lipinski definition) is 0. The van der Waals surface area contributed by atoms with Gasteiger partial charge in [0.25, 0.3) is 0 Å². The van der Waals surface area contributed by atoms with Gasteiger partial charge in [-0.05, 0) is 23.7 Å². The molecule has 1 aliphatic carbocycles. The minimum absolute atomic E-state index is 0.103. The highest BCUT2D eigenvalue weighted by Crippen LogP contribution is 2.24. The summed E-state index contributed by atoms with van der Waals surface area (Å²) in [6, 6.07) is 0. The minimum Gasteiger partial charge on any atom is -0.358 e. The number of aromatic nitrogens is 2. The van der Waals surface area contributed by atoms with Crippen LogP contribution in [0, 0.1) is 16.0 Å². The Bertz CT molecular complexity index is 405. The van der Waals surface area contributed by atoms with Gasteiger partial charge in [0.15, 0.2) is 5.02 Å². The molecule has 1 aliphatic rings. The van der Waals surface area contributed by atoms with E-state index in [4.69, 9.17) is 11.6 Å². The molecule has 1 aromatic rings. The lowest BCUT2D eigenvalue weighted by atomic mass is 10.1. The summed E-state index contributed by atoms with van der Waals surface area (Å²) >= 11 is 5.68. The Morgan fingerprint density at radius 3 is 2.80 bits per heavy atom. The van der Waals surface area contributed by atoms with Crippen LogP contribution >= 0.6 is 11.6 Å². The maximum Gasteiger partial charge on any atom is 0.408 e.